The van der Waals surface area contributed by atoms with Crippen LogP contribution < -0.4 is 10.1 Å². The molecule has 0 aliphatic carbocycles. The van der Waals surface area contributed by atoms with E-state index in [1.807, 2.05) is 0 Å². The number of nitrogens with zero attached hydrogens (tertiary/aromatic N) is 2. The zero-order valence-corrected chi connectivity index (χ0v) is 13.2. The quantitative estimate of drug-likeness (QED) is 0.843. The minimum Gasteiger partial charge on any atom is -0.444 e. The predicted octanol–water partition coefficient (Wildman–Crippen LogP) is 2.06. The number of carbonyl (C=O) groups is 2. The molecular weight excluding hydrogens is 330 g/mol. The Labute approximate surface area is 125 Å². The van der Waals surface area contributed by atoms with E-state index in [0.29, 0.717) is 4.47 Å². The third-order valence-electron chi connectivity index (χ3n) is 1.88. The number of carbonyl (C=O) groups excluding carboxylic acids is 2. The van der Waals surface area contributed by atoms with Gasteiger partial charge < -0.3 is 14.8 Å². The van der Waals surface area contributed by atoms with E-state index in [4.69, 9.17) is 9.47 Å². The summed E-state index contributed by atoms with van der Waals surface area (Å²) >= 11 is 3.16. The van der Waals surface area contributed by atoms with Crippen LogP contribution in [0.5, 0.6) is 6.01 Å². The van der Waals surface area contributed by atoms with Crippen molar-refractivity contribution in [3.63, 3.8) is 0 Å². The van der Waals surface area contributed by atoms with Crippen LogP contribution in [0.15, 0.2) is 16.9 Å². The fraction of sp³-hybridized carbons (Fsp3) is 0.500. The molecule has 0 radical (unpaired) electrons. The topological polar surface area (TPSA) is 90.4 Å². The normalized spacial score (nSPS) is 12.4. The second-order valence-corrected chi connectivity index (χ2v) is 5.89. The van der Waals surface area contributed by atoms with Crippen molar-refractivity contribution >= 4 is 28.0 Å². The summed E-state index contributed by atoms with van der Waals surface area (Å²) in [5.74, 6) is -0.682. The Morgan fingerprint density at radius 1 is 1.30 bits per heavy atom. The smallest absolute Gasteiger partial charge is 0.408 e. The monoisotopic (exact) mass is 345 g/mol. The molecule has 1 amide bonds. The number of aromatic nitrogens is 2. The maximum Gasteiger partial charge on any atom is 0.408 e. The van der Waals surface area contributed by atoms with Gasteiger partial charge in [-0.1, -0.05) is 0 Å². The first-order valence-electron chi connectivity index (χ1n) is 5.86. The maximum absolute atomic E-state index is 11.7. The Morgan fingerprint density at radius 3 is 2.35 bits per heavy atom. The number of nitrogens with one attached hydrogen (secondary N) is 1. The van der Waals surface area contributed by atoms with Crippen LogP contribution in [0.3, 0.4) is 0 Å². The van der Waals surface area contributed by atoms with E-state index in [-0.39, 0.29) is 6.01 Å². The molecule has 8 heteroatoms. The Balaban J connectivity index is 2.51. The molecule has 20 heavy (non-hydrogen) atoms. The number of esters is 1. The average molecular weight is 346 g/mol. The SMILES string of the molecule is C[C@H](NC(=O)OC(C)(C)C)C(=O)Oc1ncc(Br)cn1. The summed E-state index contributed by atoms with van der Waals surface area (Å²) < 4.78 is 10.6. The number of alkyl carbamates (subject to hydrolysis) is 1. The van der Waals surface area contributed by atoms with Crippen LogP contribution in [-0.2, 0) is 9.53 Å². The van der Waals surface area contributed by atoms with E-state index < -0.39 is 23.7 Å². The second kappa shape index (κ2) is 6.65. The van der Waals surface area contributed by atoms with Crippen molar-refractivity contribution in [3.8, 4) is 6.01 Å². The summed E-state index contributed by atoms with van der Waals surface area (Å²) in [6.45, 7) is 6.66. The lowest BCUT2D eigenvalue weighted by Crippen LogP contribution is -2.43. The number of hydrogen-bond acceptors (Lipinski definition) is 6. The molecule has 0 saturated carbocycles. The number of hydrogen-bond donors (Lipinski definition) is 1. The van der Waals surface area contributed by atoms with Crippen molar-refractivity contribution in [1.29, 1.82) is 0 Å². The van der Waals surface area contributed by atoms with Gasteiger partial charge in [0.1, 0.15) is 11.6 Å². The molecular formula is C12H16BrN3O4. The maximum atomic E-state index is 11.7. The van der Waals surface area contributed by atoms with Crippen molar-refractivity contribution in [2.75, 3.05) is 0 Å². The molecule has 0 aliphatic rings. The highest BCUT2D eigenvalue weighted by Gasteiger charge is 2.22. The van der Waals surface area contributed by atoms with E-state index in [9.17, 15) is 9.59 Å². The lowest BCUT2D eigenvalue weighted by molar-refractivity contribution is -0.136. The van der Waals surface area contributed by atoms with Crippen LogP contribution in [0.2, 0.25) is 0 Å². The first-order valence-corrected chi connectivity index (χ1v) is 6.65. The van der Waals surface area contributed by atoms with Gasteiger partial charge in [-0.15, -0.1) is 0 Å². The van der Waals surface area contributed by atoms with Crippen molar-refractivity contribution in [3.05, 3.63) is 16.9 Å². The van der Waals surface area contributed by atoms with Crippen molar-refractivity contribution in [2.45, 2.75) is 39.3 Å². The molecule has 7 nitrogen and oxygen atoms in total. The molecule has 0 fully saturated rings. The zero-order chi connectivity index (χ0) is 15.3. The minimum absolute atomic E-state index is 0.0870. The largest absolute Gasteiger partial charge is 0.444 e. The van der Waals surface area contributed by atoms with Crippen LogP contribution in [-0.4, -0.2) is 33.7 Å². The zero-order valence-electron chi connectivity index (χ0n) is 11.6. The van der Waals surface area contributed by atoms with E-state index in [1.165, 1.54) is 19.3 Å². The Kier molecular flexibility index (Phi) is 5.43. The van der Waals surface area contributed by atoms with E-state index in [0.717, 1.165) is 0 Å². The molecule has 0 aromatic carbocycles. The molecule has 0 spiro atoms. The van der Waals surface area contributed by atoms with Crippen molar-refractivity contribution in [1.82, 2.24) is 15.3 Å². The van der Waals surface area contributed by atoms with E-state index in [2.05, 4.69) is 31.2 Å². The number of halogens is 1. The minimum atomic E-state index is -0.878. The first kappa shape index (κ1) is 16.4. The second-order valence-electron chi connectivity index (χ2n) is 4.97. The summed E-state index contributed by atoms with van der Waals surface area (Å²) in [4.78, 5) is 30.8. The molecule has 1 heterocycles. The van der Waals surface area contributed by atoms with Gasteiger partial charge in [0.05, 0.1) is 4.47 Å². The fourth-order valence-corrected chi connectivity index (χ4v) is 1.28. The molecule has 1 aromatic heterocycles. The third-order valence-corrected chi connectivity index (χ3v) is 2.28. The summed E-state index contributed by atoms with van der Waals surface area (Å²) in [7, 11) is 0. The number of amides is 1. The molecule has 0 aliphatic heterocycles. The van der Waals surface area contributed by atoms with Gasteiger partial charge in [-0.05, 0) is 43.6 Å². The molecule has 0 unspecified atom stereocenters. The third kappa shape index (κ3) is 5.96. The van der Waals surface area contributed by atoms with Crippen LogP contribution >= 0.6 is 15.9 Å². The van der Waals surface area contributed by atoms with Gasteiger partial charge in [-0.2, -0.15) is 0 Å². The molecule has 110 valence electrons. The van der Waals surface area contributed by atoms with Crippen LogP contribution in [0.1, 0.15) is 27.7 Å². The van der Waals surface area contributed by atoms with Gasteiger partial charge in [0.15, 0.2) is 0 Å². The number of ether oxygens (including phenoxy) is 2. The summed E-state index contributed by atoms with van der Waals surface area (Å²) in [5, 5.41) is 2.37. The lowest BCUT2D eigenvalue weighted by atomic mass is 10.2. The average Bonchev–Trinajstić information content (AvgIpc) is 2.29. The van der Waals surface area contributed by atoms with E-state index in [1.54, 1.807) is 20.8 Å². The molecule has 0 saturated heterocycles. The Hall–Kier alpha value is -1.70. The predicted molar refractivity (Wildman–Crippen MR) is 74.2 cm³/mol. The van der Waals surface area contributed by atoms with Crippen LogP contribution in [0.4, 0.5) is 4.79 Å². The molecule has 1 N–H and O–H groups in total. The summed E-state index contributed by atoms with van der Waals surface area (Å²) in [6.07, 6.45) is 2.20. The Morgan fingerprint density at radius 2 is 1.85 bits per heavy atom. The highest BCUT2D eigenvalue weighted by atomic mass is 79.9. The molecule has 0 bridgehead atoms. The summed E-state index contributed by atoms with van der Waals surface area (Å²) in [5.41, 5.74) is -0.636. The first-order chi connectivity index (χ1) is 9.17. The van der Waals surface area contributed by atoms with Gasteiger partial charge in [-0.25, -0.2) is 19.6 Å². The van der Waals surface area contributed by atoms with Gasteiger partial charge in [0, 0.05) is 12.4 Å². The molecule has 1 rings (SSSR count). The van der Waals surface area contributed by atoms with Gasteiger partial charge >= 0.3 is 18.1 Å². The highest BCUT2D eigenvalue weighted by Crippen LogP contribution is 2.09. The highest BCUT2D eigenvalue weighted by molar-refractivity contribution is 9.10. The summed E-state index contributed by atoms with van der Waals surface area (Å²) in [6, 6.07) is -0.965. The van der Waals surface area contributed by atoms with Crippen molar-refractivity contribution < 1.29 is 19.1 Å². The fourth-order valence-electron chi connectivity index (χ4n) is 1.07. The Bertz CT molecular complexity index is 484. The van der Waals surface area contributed by atoms with Gasteiger partial charge in [0.2, 0.25) is 0 Å². The molecule has 1 atom stereocenters. The van der Waals surface area contributed by atoms with Crippen molar-refractivity contribution in [2.24, 2.45) is 0 Å². The lowest BCUT2D eigenvalue weighted by Gasteiger charge is -2.21. The molecule has 1 aromatic rings. The van der Waals surface area contributed by atoms with E-state index >= 15 is 0 Å². The van der Waals surface area contributed by atoms with Crippen LogP contribution in [0, 0.1) is 0 Å². The van der Waals surface area contributed by atoms with Crippen LogP contribution in [0.25, 0.3) is 0 Å². The van der Waals surface area contributed by atoms with Gasteiger partial charge in [0.25, 0.3) is 0 Å². The standard InChI is InChI=1S/C12H16BrN3O4/c1-7(16-11(18)20-12(2,3)4)9(17)19-10-14-5-8(13)6-15-10/h5-7H,1-4H3,(H,16,18)/t7-/m0/s1. The van der Waals surface area contributed by atoms with Gasteiger partial charge in [-0.3, -0.25) is 0 Å². The number of rotatable bonds is 3.